The van der Waals surface area contributed by atoms with Gasteiger partial charge in [-0.15, -0.1) is 0 Å². The van der Waals surface area contributed by atoms with E-state index in [1.165, 1.54) is 0 Å². The molecular formula is C19H15ClN2O3. The number of halogens is 1. The van der Waals surface area contributed by atoms with Gasteiger partial charge in [0.2, 0.25) is 5.91 Å². The highest BCUT2D eigenvalue weighted by Crippen LogP contribution is 2.28. The van der Waals surface area contributed by atoms with Crippen molar-refractivity contribution in [3.63, 3.8) is 0 Å². The van der Waals surface area contributed by atoms with Crippen LogP contribution in [-0.2, 0) is 6.54 Å². The number of hydrogen-bond donors (Lipinski definition) is 2. The lowest BCUT2D eigenvalue weighted by molar-refractivity contribution is 0.0923. The van der Waals surface area contributed by atoms with Crippen molar-refractivity contribution in [2.75, 3.05) is 0 Å². The minimum absolute atomic E-state index is 0.198. The summed E-state index contributed by atoms with van der Waals surface area (Å²) in [5.74, 6) is -0.0965. The lowest BCUT2D eigenvalue weighted by Gasteiger charge is -2.04. The first kappa shape index (κ1) is 16.8. The third-order valence-electron chi connectivity index (χ3n) is 3.66. The van der Waals surface area contributed by atoms with Crippen molar-refractivity contribution < 1.29 is 14.0 Å². The number of nitrogens with one attached hydrogen (secondary N) is 1. The normalized spacial score (nSPS) is 10.4. The minimum Gasteiger partial charge on any atom is -0.451 e. The van der Waals surface area contributed by atoms with E-state index in [1.54, 1.807) is 42.5 Å². The van der Waals surface area contributed by atoms with E-state index >= 15 is 0 Å². The quantitative estimate of drug-likeness (QED) is 0.733. The maximum absolute atomic E-state index is 12.2. The maximum atomic E-state index is 12.2. The lowest BCUT2D eigenvalue weighted by atomic mass is 10.1. The zero-order chi connectivity index (χ0) is 17.8. The topological polar surface area (TPSA) is 85.3 Å². The summed E-state index contributed by atoms with van der Waals surface area (Å²) in [7, 11) is 0. The molecular weight excluding hydrogens is 340 g/mol. The zero-order valence-corrected chi connectivity index (χ0v) is 13.9. The molecule has 1 aromatic heterocycles. The van der Waals surface area contributed by atoms with Crippen molar-refractivity contribution in [1.29, 1.82) is 0 Å². The van der Waals surface area contributed by atoms with Crippen LogP contribution in [0.1, 0.15) is 26.5 Å². The van der Waals surface area contributed by atoms with Gasteiger partial charge in [-0.1, -0.05) is 35.9 Å². The molecule has 0 unspecified atom stereocenters. The molecule has 25 heavy (non-hydrogen) atoms. The van der Waals surface area contributed by atoms with E-state index in [0.717, 1.165) is 11.1 Å². The number of furan rings is 1. The number of primary amides is 1. The molecule has 0 spiro atoms. The third kappa shape index (κ3) is 3.89. The van der Waals surface area contributed by atoms with Gasteiger partial charge in [-0.05, 0) is 42.0 Å². The van der Waals surface area contributed by atoms with Crippen molar-refractivity contribution in [2.24, 2.45) is 5.73 Å². The molecule has 0 aliphatic rings. The van der Waals surface area contributed by atoms with Crippen LogP contribution < -0.4 is 11.1 Å². The van der Waals surface area contributed by atoms with E-state index in [9.17, 15) is 9.59 Å². The fourth-order valence-corrected chi connectivity index (χ4v) is 2.55. The molecule has 0 fully saturated rings. The Morgan fingerprint density at radius 2 is 1.72 bits per heavy atom. The van der Waals surface area contributed by atoms with E-state index in [4.69, 9.17) is 21.8 Å². The molecule has 0 aliphatic carbocycles. The van der Waals surface area contributed by atoms with Gasteiger partial charge < -0.3 is 15.5 Å². The van der Waals surface area contributed by atoms with Crippen molar-refractivity contribution in [3.05, 3.63) is 82.6 Å². The summed E-state index contributed by atoms with van der Waals surface area (Å²) >= 11 is 6.13. The molecule has 0 saturated heterocycles. The Balaban J connectivity index is 1.66. The van der Waals surface area contributed by atoms with Crippen molar-refractivity contribution in [1.82, 2.24) is 5.32 Å². The van der Waals surface area contributed by atoms with Gasteiger partial charge in [0.25, 0.3) is 5.91 Å². The molecule has 1 heterocycles. The molecule has 0 radical (unpaired) electrons. The van der Waals surface area contributed by atoms with Gasteiger partial charge >= 0.3 is 0 Å². The Labute approximate surface area is 149 Å². The van der Waals surface area contributed by atoms with Crippen LogP contribution in [0, 0.1) is 0 Å². The molecule has 126 valence electrons. The van der Waals surface area contributed by atoms with Crippen LogP contribution in [0.3, 0.4) is 0 Å². The third-order valence-corrected chi connectivity index (χ3v) is 3.99. The second kappa shape index (κ2) is 7.23. The number of amides is 2. The maximum Gasteiger partial charge on any atom is 0.287 e. The van der Waals surface area contributed by atoms with Crippen LogP contribution in [0.15, 0.2) is 65.1 Å². The van der Waals surface area contributed by atoms with Gasteiger partial charge in [0.1, 0.15) is 5.76 Å². The molecule has 3 aromatic rings. The van der Waals surface area contributed by atoms with Gasteiger partial charge in [0.15, 0.2) is 5.76 Å². The highest BCUT2D eigenvalue weighted by molar-refractivity contribution is 6.33. The predicted octanol–water partition coefficient (Wildman–Crippen LogP) is 3.63. The Kier molecular flexibility index (Phi) is 4.86. The van der Waals surface area contributed by atoms with E-state index < -0.39 is 5.91 Å². The van der Waals surface area contributed by atoms with Crippen LogP contribution in [0.2, 0.25) is 5.02 Å². The molecule has 0 bridgehead atoms. The average molecular weight is 355 g/mol. The zero-order valence-electron chi connectivity index (χ0n) is 13.2. The van der Waals surface area contributed by atoms with E-state index in [0.29, 0.717) is 22.9 Å². The molecule has 0 saturated carbocycles. The number of hydrogen-bond acceptors (Lipinski definition) is 3. The smallest absolute Gasteiger partial charge is 0.287 e. The first-order chi connectivity index (χ1) is 12.0. The molecule has 5 nitrogen and oxygen atoms in total. The van der Waals surface area contributed by atoms with Crippen LogP contribution in [0.5, 0.6) is 0 Å². The fraction of sp³-hybridized carbons (Fsp3) is 0.0526. The monoisotopic (exact) mass is 354 g/mol. The Hall–Kier alpha value is -3.05. The highest BCUT2D eigenvalue weighted by atomic mass is 35.5. The fourth-order valence-electron chi connectivity index (χ4n) is 2.32. The summed E-state index contributed by atoms with van der Waals surface area (Å²) in [6.45, 7) is 0.306. The lowest BCUT2D eigenvalue weighted by Crippen LogP contribution is -2.22. The first-order valence-electron chi connectivity index (χ1n) is 7.56. The van der Waals surface area contributed by atoms with Gasteiger partial charge in [-0.2, -0.15) is 0 Å². The number of carbonyl (C=O) groups is 2. The number of nitrogens with two attached hydrogens (primary N) is 1. The largest absolute Gasteiger partial charge is 0.451 e. The highest BCUT2D eigenvalue weighted by Gasteiger charge is 2.13. The SMILES string of the molecule is NC(=O)c1ccc(CNC(=O)c2ccc(-c3ccccc3Cl)o2)cc1. The average Bonchev–Trinajstić information content (AvgIpc) is 3.10. The van der Waals surface area contributed by atoms with Gasteiger partial charge in [-0.3, -0.25) is 9.59 Å². The van der Waals surface area contributed by atoms with Gasteiger partial charge in [0, 0.05) is 17.7 Å². The Morgan fingerprint density at radius 3 is 2.40 bits per heavy atom. The molecule has 0 atom stereocenters. The van der Waals surface area contributed by atoms with E-state index in [2.05, 4.69) is 5.32 Å². The number of benzene rings is 2. The van der Waals surface area contributed by atoms with Crippen molar-refractivity contribution >= 4 is 23.4 Å². The predicted molar refractivity (Wildman–Crippen MR) is 95.3 cm³/mol. The summed E-state index contributed by atoms with van der Waals surface area (Å²) in [6, 6.07) is 17.3. The molecule has 2 aromatic carbocycles. The summed E-state index contributed by atoms with van der Waals surface area (Å²) in [5.41, 5.74) is 7.19. The van der Waals surface area contributed by atoms with Crippen LogP contribution >= 0.6 is 11.6 Å². The van der Waals surface area contributed by atoms with Crippen LogP contribution in [0.25, 0.3) is 11.3 Å². The molecule has 3 N–H and O–H groups in total. The number of carbonyl (C=O) groups excluding carboxylic acids is 2. The van der Waals surface area contributed by atoms with E-state index in [-0.39, 0.29) is 11.7 Å². The van der Waals surface area contributed by atoms with Gasteiger partial charge in [-0.25, -0.2) is 0 Å². The van der Waals surface area contributed by atoms with Crippen molar-refractivity contribution in [2.45, 2.75) is 6.54 Å². The summed E-state index contributed by atoms with van der Waals surface area (Å²) < 4.78 is 5.59. The van der Waals surface area contributed by atoms with Gasteiger partial charge in [0.05, 0.1) is 5.02 Å². The standard InChI is InChI=1S/C19H15ClN2O3/c20-15-4-2-1-3-14(15)16-9-10-17(25-16)19(24)22-11-12-5-7-13(8-6-12)18(21)23/h1-10H,11H2,(H2,21,23)(H,22,24). The summed E-state index contributed by atoms with van der Waals surface area (Å²) in [6.07, 6.45) is 0. The molecule has 2 amide bonds. The molecule has 0 aliphatic heterocycles. The summed E-state index contributed by atoms with van der Waals surface area (Å²) in [5, 5.41) is 3.32. The van der Waals surface area contributed by atoms with Crippen molar-refractivity contribution in [3.8, 4) is 11.3 Å². The Morgan fingerprint density at radius 1 is 1.00 bits per heavy atom. The summed E-state index contributed by atoms with van der Waals surface area (Å²) in [4.78, 5) is 23.2. The molecule has 6 heteroatoms. The van der Waals surface area contributed by atoms with Crippen LogP contribution in [0.4, 0.5) is 0 Å². The minimum atomic E-state index is -0.488. The van der Waals surface area contributed by atoms with Crippen LogP contribution in [-0.4, -0.2) is 11.8 Å². The van der Waals surface area contributed by atoms with E-state index in [1.807, 2.05) is 18.2 Å². The Bertz CT molecular complexity index is 916. The number of rotatable bonds is 5. The molecule has 3 rings (SSSR count). The second-order valence-corrected chi connectivity index (χ2v) is 5.79. The second-order valence-electron chi connectivity index (χ2n) is 5.39. The first-order valence-corrected chi connectivity index (χ1v) is 7.94.